The van der Waals surface area contributed by atoms with Gasteiger partial charge in [0.25, 0.3) is 11.5 Å². The van der Waals surface area contributed by atoms with Gasteiger partial charge in [-0.3, -0.25) is 9.59 Å². The first kappa shape index (κ1) is 23.5. The van der Waals surface area contributed by atoms with Gasteiger partial charge in [-0.2, -0.15) is 0 Å². The predicted molar refractivity (Wildman–Crippen MR) is 141 cm³/mol. The van der Waals surface area contributed by atoms with Gasteiger partial charge in [-0.25, -0.2) is 0 Å². The molecule has 4 rings (SSSR count). The summed E-state index contributed by atoms with van der Waals surface area (Å²) >= 11 is 0. The normalized spacial score (nSPS) is 11.6. The summed E-state index contributed by atoms with van der Waals surface area (Å²) in [6.45, 7) is 12.6. The summed E-state index contributed by atoms with van der Waals surface area (Å²) in [5.74, 6) is -0.127. The number of aromatic amines is 1. The first-order chi connectivity index (χ1) is 16.0. The number of amides is 1. The molecule has 0 spiro atoms. The zero-order valence-electron chi connectivity index (χ0n) is 20.8. The average Bonchev–Trinajstić information content (AvgIpc) is 2.79. The molecule has 0 aliphatic rings. The minimum absolute atomic E-state index is 0.00488. The monoisotopic (exact) mass is 452 g/mol. The molecule has 1 amide bonds. The number of nitrogens with zero attached hydrogens (tertiary/aromatic N) is 1. The molecule has 4 nitrogen and oxygen atoms in total. The maximum Gasteiger partial charge on any atom is 0.258 e. The Balaban J connectivity index is 1.80. The lowest BCUT2D eigenvalue weighted by atomic mass is 9.86. The summed E-state index contributed by atoms with van der Waals surface area (Å²) in [7, 11) is 0. The predicted octanol–water partition coefficient (Wildman–Crippen LogP) is 6.60. The van der Waals surface area contributed by atoms with E-state index in [-0.39, 0.29) is 23.4 Å². The Labute approximate surface area is 201 Å². The number of hydrogen-bond acceptors (Lipinski definition) is 2. The number of benzene rings is 3. The highest BCUT2D eigenvalue weighted by atomic mass is 16.2. The molecule has 0 atom stereocenters. The molecule has 1 aromatic heterocycles. The number of carbonyl (C=O) groups excluding carboxylic acids is 1. The van der Waals surface area contributed by atoms with E-state index in [1.165, 1.54) is 5.56 Å². The lowest BCUT2D eigenvalue weighted by Gasteiger charge is -2.26. The molecular weight excluding hydrogens is 420 g/mol. The Morgan fingerprint density at radius 2 is 1.59 bits per heavy atom. The Kier molecular flexibility index (Phi) is 6.18. The third kappa shape index (κ3) is 4.67. The van der Waals surface area contributed by atoms with E-state index in [9.17, 15) is 9.59 Å². The lowest BCUT2D eigenvalue weighted by molar-refractivity contribution is 0.0985. The second-order valence-electron chi connectivity index (χ2n) is 10.2. The molecule has 0 aliphatic heterocycles. The van der Waals surface area contributed by atoms with Crippen LogP contribution in [0, 0.1) is 20.8 Å². The second kappa shape index (κ2) is 8.94. The van der Waals surface area contributed by atoms with Crippen molar-refractivity contribution < 1.29 is 4.79 Å². The van der Waals surface area contributed by atoms with Crippen molar-refractivity contribution >= 4 is 22.5 Å². The third-order valence-electron chi connectivity index (χ3n) is 6.39. The standard InChI is InChI=1S/C30H32N2O2/c1-19-10-11-20(2)26(16-19)32(29(34)22-12-14-25(15-13-22)30(4,5)6)18-24-17-23-9-7-8-21(3)27(23)31-28(24)33/h7-17H,18H2,1-6H3,(H,31,33). The van der Waals surface area contributed by atoms with Gasteiger partial charge in [0.05, 0.1) is 12.1 Å². The number of fused-ring (bicyclic) bond motifs is 1. The van der Waals surface area contributed by atoms with Gasteiger partial charge in [-0.05, 0) is 78.1 Å². The van der Waals surface area contributed by atoms with Crippen LogP contribution < -0.4 is 10.5 Å². The van der Waals surface area contributed by atoms with Crippen molar-refractivity contribution in [3.63, 3.8) is 0 Å². The van der Waals surface area contributed by atoms with Gasteiger partial charge in [0.1, 0.15) is 0 Å². The van der Waals surface area contributed by atoms with Crippen LogP contribution in [0.5, 0.6) is 0 Å². The molecule has 4 aromatic rings. The molecule has 3 aromatic carbocycles. The fraction of sp³-hybridized carbons (Fsp3) is 0.267. The topological polar surface area (TPSA) is 53.2 Å². The molecule has 0 fully saturated rings. The minimum Gasteiger partial charge on any atom is -0.321 e. The zero-order chi connectivity index (χ0) is 24.6. The van der Waals surface area contributed by atoms with Crippen LogP contribution in [0.15, 0.2) is 71.5 Å². The Bertz CT molecular complexity index is 1420. The van der Waals surface area contributed by atoms with Crippen molar-refractivity contribution in [2.75, 3.05) is 4.90 Å². The number of aryl methyl sites for hydroxylation is 3. The van der Waals surface area contributed by atoms with Crippen LogP contribution in [-0.2, 0) is 12.0 Å². The van der Waals surface area contributed by atoms with Gasteiger partial charge in [0.2, 0.25) is 0 Å². The number of aromatic nitrogens is 1. The van der Waals surface area contributed by atoms with Gasteiger partial charge in [-0.1, -0.05) is 63.2 Å². The second-order valence-corrected chi connectivity index (χ2v) is 10.2. The number of para-hydroxylation sites is 1. The fourth-order valence-corrected chi connectivity index (χ4v) is 4.26. The molecule has 0 saturated carbocycles. The fourth-order valence-electron chi connectivity index (χ4n) is 4.26. The van der Waals surface area contributed by atoms with E-state index in [0.29, 0.717) is 11.1 Å². The minimum atomic E-state index is -0.173. The van der Waals surface area contributed by atoms with Crippen LogP contribution in [-0.4, -0.2) is 10.9 Å². The number of rotatable bonds is 4. The number of anilines is 1. The first-order valence-corrected chi connectivity index (χ1v) is 11.7. The number of H-pyrrole nitrogens is 1. The van der Waals surface area contributed by atoms with Crippen molar-refractivity contribution in [1.82, 2.24) is 4.98 Å². The lowest BCUT2D eigenvalue weighted by Crippen LogP contribution is -2.33. The van der Waals surface area contributed by atoms with Crippen molar-refractivity contribution in [2.24, 2.45) is 0 Å². The van der Waals surface area contributed by atoms with Crippen molar-refractivity contribution in [1.29, 1.82) is 0 Å². The summed E-state index contributed by atoms with van der Waals surface area (Å²) in [5.41, 5.74) is 6.86. The van der Waals surface area contributed by atoms with E-state index < -0.39 is 0 Å². The Morgan fingerprint density at radius 1 is 0.882 bits per heavy atom. The van der Waals surface area contributed by atoms with E-state index >= 15 is 0 Å². The van der Waals surface area contributed by atoms with Crippen LogP contribution >= 0.6 is 0 Å². The van der Waals surface area contributed by atoms with Crippen LogP contribution in [0.4, 0.5) is 5.69 Å². The average molecular weight is 453 g/mol. The molecule has 0 unspecified atom stereocenters. The van der Waals surface area contributed by atoms with Crippen molar-refractivity contribution in [3.05, 3.63) is 110 Å². The van der Waals surface area contributed by atoms with Crippen LogP contribution in [0.1, 0.15) is 58.9 Å². The van der Waals surface area contributed by atoms with E-state index in [4.69, 9.17) is 0 Å². The maximum atomic E-state index is 13.8. The maximum absolute atomic E-state index is 13.8. The number of nitrogens with one attached hydrogen (secondary N) is 1. The molecule has 174 valence electrons. The van der Waals surface area contributed by atoms with E-state index in [1.807, 2.05) is 87.5 Å². The summed E-state index contributed by atoms with van der Waals surface area (Å²) in [5, 5.41) is 0.956. The Hall–Kier alpha value is -3.66. The number of carbonyl (C=O) groups is 1. The highest BCUT2D eigenvalue weighted by Gasteiger charge is 2.22. The molecule has 4 heteroatoms. The molecule has 34 heavy (non-hydrogen) atoms. The Morgan fingerprint density at radius 3 is 2.26 bits per heavy atom. The van der Waals surface area contributed by atoms with Gasteiger partial charge < -0.3 is 9.88 Å². The van der Waals surface area contributed by atoms with Gasteiger partial charge in [-0.15, -0.1) is 0 Å². The van der Waals surface area contributed by atoms with Gasteiger partial charge >= 0.3 is 0 Å². The van der Waals surface area contributed by atoms with Gasteiger partial charge in [0.15, 0.2) is 0 Å². The van der Waals surface area contributed by atoms with Crippen LogP contribution in [0.25, 0.3) is 10.9 Å². The summed E-state index contributed by atoms with van der Waals surface area (Å²) in [6.07, 6.45) is 0. The zero-order valence-corrected chi connectivity index (χ0v) is 20.8. The summed E-state index contributed by atoms with van der Waals surface area (Å²) in [6, 6.07) is 21.7. The van der Waals surface area contributed by atoms with E-state index in [2.05, 4.69) is 25.8 Å². The quantitative estimate of drug-likeness (QED) is 0.379. The van der Waals surface area contributed by atoms with Crippen molar-refractivity contribution in [2.45, 2.75) is 53.5 Å². The molecule has 0 bridgehead atoms. The van der Waals surface area contributed by atoms with Crippen LogP contribution in [0.2, 0.25) is 0 Å². The molecule has 0 saturated heterocycles. The highest BCUT2D eigenvalue weighted by molar-refractivity contribution is 6.06. The molecule has 1 N–H and O–H groups in total. The summed E-state index contributed by atoms with van der Waals surface area (Å²) in [4.78, 5) is 31.6. The smallest absolute Gasteiger partial charge is 0.258 e. The molecule has 1 heterocycles. The third-order valence-corrected chi connectivity index (χ3v) is 6.39. The SMILES string of the molecule is Cc1ccc(C)c(N(Cc2cc3cccc(C)c3[nH]c2=O)C(=O)c2ccc(C(C)(C)C)cc2)c1. The van der Waals surface area contributed by atoms with Crippen LogP contribution in [0.3, 0.4) is 0 Å². The van der Waals surface area contributed by atoms with E-state index in [1.54, 1.807) is 4.90 Å². The molecular formula is C30H32N2O2. The van der Waals surface area contributed by atoms with E-state index in [0.717, 1.165) is 33.3 Å². The van der Waals surface area contributed by atoms with Gasteiger partial charge in [0, 0.05) is 16.8 Å². The number of pyridine rings is 1. The summed E-state index contributed by atoms with van der Waals surface area (Å²) < 4.78 is 0. The largest absolute Gasteiger partial charge is 0.321 e. The molecule has 0 aliphatic carbocycles. The van der Waals surface area contributed by atoms with Crippen molar-refractivity contribution in [3.8, 4) is 0 Å². The molecule has 0 radical (unpaired) electrons. The number of hydrogen-bond donors (Lipinski definition) is 1. The first-order valence-electron chi connectivity index (χ1n) is 11.7. The highest BCUT2D eigenvalue weighted by Crippen LogP contribution is 2.27.